The number of urea groups is 1. The maximum absolute atomic E-state index is 15.0. The van der Waals surface area contributed by atoms with Crippen molar-refractivity contribution < 1.29 is 38.7 Å². The van der Waals surface area contributed by atoms with Gasteiger partial charge in [-0.1, -0.05) is 32.1 Å². The lowest BCUT2D eigenvalue weighted by molar-refractivity contribution is -0.174. The molecule has 6 aliphatic carbocycles. The van der Waals surface area contributed by atoms with E-state index in [0.29, 0.717) is 53.5 Å². The Kier molecular flexibility index (Phi) is 9.75. The average Bonchev–Trinajstić information content (AvgIpc) is 3.50. The fraction of sp³-hybridized carbons (Fsp3) is 0.489. The first-order valence-corrected chi connectivity index (χ1v) is 20.2. The van der Waals surface area contributed by atoms with Crippen LogP contribution in [0.5, 0.6) is 23.0 Å². The Morgan fingerprint density at radius 3 is 2.05 bits per heavy atom. The largest absolute Gasteiger partial charge is 0.497 e. The fourth-order valence-electron chi connectivity index (χ4n) is 12.1. The molecule has 6 aliphatic rings. The summed E-state index contributed by atoms with van der Waals surface area (Å²) in [5.74, 6) is 2.62. The fourth-order valence-corrected chi connectivity index (χ4v) is 12.1. The number of ketones is 1. The second-order valence-corrected chi connectivity index (χ2v) is 17.6. The van der Waals surface area contributed by atoms with E-state index in [1.807, 2.05) is 36.4 Å². The molecular formula is C47H56N2O8. The van der Waals surface area contributed by atoms with Crippen molar-refractivity contribution in [3.8, 4) is 23.0 Å². The Bertz CT molecular complexity index is 2100. The van der Waals surface area contributed by atoms with Crippen molar-refractivity contribution in [2.24, 2.45) is 33.5 Å². The van der Waals surface area contributed by atoms with Gasteiger partial charge in [0, 0.05) is 44.7 Å². The minimum absolute atomic E-state index is 0.0136. The van der Waals surface area contributed by atoms with E-state index in [4.69, 9.17) is 18.9 Å². The van der Waals surface area contributed by atoms with Crippen LogP contribution in [0.3, 0.4) is 0 Å². The van der Waals surface area contributed by atoms with Gasteiger partial charge in [0.1, 0.15) is 23.0 Å². The number of amides is 2. The predicted octanol–water partition coefficient (Wildman–Crippen LogP) is 8.23. The SMILES string of the molecule is COc1ccc(NC(=O)N(Cc2ccc(OC)cc2OC)CC2(O)CCC3C45C=CC6(C=C4C(=O)c4ccc(OC)cc4)CC(O)CCC6(C)C5CCC32C)cc1. The Balaban J connectivity index is 1.18. The number of rotatable bonds is 11. The first-order chi connectivity index (χ1) is 27.3. The number of ether oxygens (including phenoxy) is 4. The summed E-state index contributed by atoms with van der Waals surface area (Å²) in [6, 6.07) is 19.7. The Labute approximate surface area is 335 Å². The molecule has 57 heavy (non-hydrogen) atoms. The van der Waals surface area contributed by atoms with E-state index in [1.165, 1.54) is 0 Å². The highest BCUT2D eigenvalue weighted by molar-refractivity contribution is 6.10. The molecule has 10 nitrogen and oxygen atoms in total. The summed E-state index contributed by atoms with van der Waals surface area (Å²) in [6.07, 6.45) is 11.3. The van der Waals surface area contributed by atoms with Gasteiger partial charge in [-0.2, -0.15) is 0 Å². The predicted molar refractivity (Wildman–Crippen MR) is 218 cm³/mol. The molecule has 2 spiro atoms. The molecule has 8 unspecified atom stereocenters. The summed E-state index contributed by atoms with van der Waals surface area (Å²) >= 11 is 0. The van der Waals surface area contributed by atoms with E-state index in [9.17, 15) is 19.8 Å². The number of benzene rings is 3. The zero-order chi connectivity index (χ0) is 40.4. The van der Waals surface area contributed by atoms with Crippen LogP contribution in [0.2, 0.25) is 0 Å². The number of nitrogens with zero attached hydrogens (tertiary/aromatic N) is 1. The van der Waals surface area contributed by atoms with Crippen LogP contribution in [0.4, 0.5) is 10.5 Å². The molecule has 302 valence electrons. The molecule has 9 rings (SSSR count). The number of carbonyl (C=O) groups excluding carboxylic acids is 2. The van der Waals surface area contributed by atoms with Crippen LogP contribution in [0.15, 0.2) is 90.5 Å². The lowest BCUT2D eigenvalue weighted by Crippen LogP contribution is -2.67. The third-order valence-corrected chi connectivity index (χ3v) is 15.2. The van der Waals surface area contributed by atoms with E-state index in [2.05, 4.69) is 37.4 Å². The van der Waals surface area contributed by atoms with Crippen molar-refractivity contribution in [3.63, 3.8) is 0 Å². The van der Waals surface area contributed by atoms with Gasteiger partial charge < -0.3 is 39.4 Å². The number of hydrogen-bond donors (Lipinski definition) is 3. The molecule has 3 saturated carbocycles. The van der Waals surface area contributed by atoms with E-state index in [0.717, 1.165) is 36.8 Å². The van der Waals surface area contributed by atoms with Crippen LogP contribution in [0, 0.1) is 33.5 Å². The normalized spacial score (nSPS) is 33.3. The lowest BCUT2D eigenvalue weighted by Gasteiger charge is -2.71. The number of nitrogens with one attached hydrogen (secondary N) is 1. The minimum Gasteiger partial charge on any atom is -0.497 e. The summed E-state index contributed by atoms with van der Waals surface area (Å²) in [5, 5.41) is 27.4. The summed E-state index contributed by atoms with van der Waals surface area (Å²) in [7, 11) is 6.40. The molecule has 2 bridgehead atoms. The van der Waals surface area contributed by atoms with E-state index in [1.54, 1.807) is 63.7 Å². The highest BCUT2D eigenvalue weighted by Crippen LogP contribution is 2.78. The van der Waals surface area contributed by atoms with Gasteiger partial charge in [0.2, 0.25) is 0 Å². The van der Waals surface area contributed by atoms with Crippen LogP contribution in [0.25, 0.3) is 0 Å². The standard InChI is InChI=1S/C47H56N2O8/c1-43-20-17-33(50)26-45(43)23-24-47(37(27-45)41(51)30-7-12-34(54-3)13-8-30)39(43)18-21-44(2)40(47)19-22-46(44,53)29-49(28-31-9-14-36(56-5)25-38(31)57-6)42(52)48-32-10-15-35(55-4)16-11-32/h7-16,23-25,27,33,39-40,50,53H,17-22,26,28-29H2,1-6H3,(H,48,52). The molecule has 8 atom stereocenters. The molecule has 0 heterocycles. The highest BCUT2D eigenvalue weighted by atomic mass is 16.5. The molecule has 0 aliphatic heterocycles. The summed E-state index contributed by atoms with van der Waals surface area (Å²) in [4.78, 5) is 31.1. The van der Waals surface area contributed by atoms with Gasteiger partial charge >= 0.3 is 6.03 Å². The number of Topliss-reactive ketones (excluding diaryl/α,β-unsaturated/α-hetero) is 1. The van der Waals surface area contributed by atoms with Crippen molar-refractivity contribution in [1.82, 2.24) is 4.90 Å². The minimum atomic E-state index is -1.29. The Hall–Kier alpha value is -4.80. The maximum Gasteiger partial charge on any atom is 0.322 e. The molecule has 0 aromatic heterocycles. The number of fused-ring (bicyclic) bond motifs is 1. The van der Waals surface area contributed by atoms with Crippen molar-refractivity contribution >= 4 is 17.5 Å². The second-order valence-electron chi connectivity index (χ2n) is 17.6. The number of aliphatic hydroxyl groups excluding tert-OH is 1. The number of carbonyl (C=O) groups is 2. The number of anilines is 1. The lowest BCUT2D eigenvalue weighted by atomic mass is 9.32. The van der Waals surface area contributed by atoms with Gasteiger partial charge in [0.25, 0.3) is 0 Å². The van der Waals surface area contributed by atoms with Crippen LogP contribution in [-0.2, 0) is 6.54 Å². The van der Waals surface area contributed by atoms with E-state index < -0.39 is 27.9 Å². The maximum atomic E-state index is 15.0. The molecule has 0 saturated heterocycles. The zero-order valence-electron chi connectivity index (χ0n) is 34.0. The molecule has 0 radical (unpaired) electrons. The first-order valence-electron chi connectivity index (χ1n) is 20.2. The summed E-state index contributed by atoms with van der Waals surface area (Å²) < 4.78 is 22.0. The Morgan fingerprint density at radius 2 is 1.39 bits per heavy atom. The van der Waals surface area contributed by atoms with Crippen LogP contribution < -0.4 is 24.3 Å². The van der Waals surface area contributed by atoms with Crippen molar-refractivity contribution in [2.45, 2.75) is 77.0 Å². The summed E-state index contributed by atoms with van der Waals surface area (Å²) in [5.41, 5.74) is -0.426. The van der Waals surface area contributed by atoms with E-state index >= 15 is 0 Å². The van der Waals surface area contributed by atoms with Crippen LogP contribution in [-0.4, -0.2) is 73.6 Å². The highest BCUT2D eigenvalue weighted by Gasteiger charge is 2.74. The second kappa shape index (κ2) is 14.2. The van der Waals surface area contributed by atoms with Crippen molar-refractivity contribution in [1.29, 1.82) is 0 Å². The van der Waals surface area contributed by atoms with Crippen LogP contribution in [0.1, 0.15) is 74.7 Å². The third kappa shape index (κ3) is 5.96. The molecule has 3 aromatic rings. The number of aliphatic hydroxyl groups is 2. The summed E-state index contributed by atoms with van der Waals surface area (Å²) in [6.45, 7) is 4.82. The molecule has 10 heteroatoms. The molecule has 3 fully saturated rings. The quantitative estimate of drug-likeness (QED) is 0.131. The molecule has 3 N–H and O–H groups in total. The zero-order valence-corrected chi connectivity index (χ0v) is 34.0. The van der Waals surface area contributed by atoms with Gasteiger partial charge in [-0.25, -0.2) is 4.79 Å². The number of hydrogen-bond acceptors (Lipinski definition) is 8. The van der Waals surface area contributed by atoms with Crippen LogP contribution >= 0.6 is 0 Å². The molecule has 3 aromatic carbocycles. The monoisotopic (exact) mass is 776 g/mol. The van der Waals surface area contributed by atoms with Gasteiger partial charge in [-0.05, 0) is 123 Å². The van der Waals surface area contributed by atoms with Gasteiger partial charge in [-0.3, -0.25) is 4.79 Å². The molecule has 2 amide bonds. The number of allylic oxidation sites excluding steroid dienone is 4. The topological polar surface area (TPSA) is 127 Å². The van der Waals surface area contributed by atoms with Gasteiger partial charge in [0.15, 0.2) is 5.78 Å². The number of methoxy groups -OCH3 is 4. The smallest absolute Gasteiger partial charge is 0.322 e. The van der Waals surface area contributed by atoms with Crippen molar-refractivity contribution in [3.05, 3.63) is 102 Å². The van der Waals surface area contributed by atoms with Gasteiger partial charge in [-0.15, -0.1) is 0 Å². The van der Waals surface area contributed by atoms with Gasteiger partial charge in [0.05, 0.1) is 53.2 Å². The van der Waals surface area contributed by atoms with E-state index in [-0.39, 0.29) is 42.2 Å². The average molecular weight is 777 g/mol. The third-order valence-electron chi connectivity index (χ3n) is 15.2. The Morgan fingerprint density at radius 1 is 0.772 bits per heavy atom. The first kappa shape index (κ1) is 39.0. The molecular weight excluding hydrogens is 721 g/mol. The van der Waals surface area contributed by atoms with Crippen molar-refractivity contribution in [2.75, 3.05) is 40.3 Å².